The highest BCUT2D eigenvalue weighted by Gasteiger charge is 2.33. The molecule has 1 saturated carbocycles. The summed E-state index contributed by atoms with van der Waals surface area (Å²) in [6.07, 6.45) is -0.0356. The number of alkyl halides is 3. The Labute approximate surface area is 121 Å². The van der Waals surface area contributed by atoms with Gasteiger partial charge < -0.3 is 5.73 Å². The van der Waals surface area contributed by atoms with Crippen LogP contribution in [0.15, 0.2) is 18.2 Å². The van der Waals surface area contributed by atoms with Crippen molar-refractivity contribution in [3.8, 4) is 0 Å². The second kappa shape index (κ2) is 6.33. The molecule has 0 aromatic heterocycles. The fraction of sp³-hybridized carbons (Fsp3) is 0.538. The second-order valence-corrected chi connectivity index (χ2v) is 5.21. The maximum atomic E-state index is 12.6. The third-order valence-electron chi connectivity index (χ3n) is 3.59. The minimum absolute atomic E-state index is 0. The van der Waals surface area contributed by atoms with Gasteiger partial charge in [-0.25, -0.2) is 0 Å². The van der Waals surface area contributed by atoms with Gasteiger partial charge in [0.2, 0.25) is 0 Å². The van der Waals surface area contributed by atoms with Gasteiger partial charge in [0.05, 0.1) is 10.6 Å². The lowest BCUT2D eigenvalue weighted by Crippen LogP contribution is -2.19. The fourth-order valence-electron chi connectivity index (χ4n) is 2.56. The van der Waals surface area contributed by atoms with Crippen LogP contribution in [0, 0.1) is 5.92 Å². The minimum atomic E-state index is -4.41. The third kappa shape index (κ3) is 3.77. The molecule has 0 unspecified atom stereocenters. The van der Waals surface area contributed by atoms with Crippen LogP contribution in [0.4, 0.5) is 13.2 Å². The Bertz CT molecular complexity index is 428. The van der Waals surface area contributed by atoms with Gasteiger partial charge in [-0.15, -0.1) is 12.4 Å². The van der Waals surface area contributed by atoms with E-state index in [4.69, 9.17) is 17.3 Å². The summed E-state index contributed by atoms with van der Waals surface area (Å²) in [5.74, 6) is 0.359. The molecule has 1 aliphatic rings. The predicted molar refractivity (Wildman–Crippen MR) is 72.6 cm³/mol. The van der Waals surface area contributed by atoms with Crippen LogP contribution in [0.25, 0.3) is 0 Å². The van der Waals surface area contributed by atoms with Crippen molar-refractivity contribution in [3.63, 3.8) is 0 Å². The normalized spacial score (nSPS) is 18.2. The fourth-order valence-corrected chi connectivity index (χ4v) is 2.85. The van der Waals surface area contributed by atoms with Crippen molar-refractivity contribution in [3.05, 3.63) is 34.3 Å². The zero-order valence-corrected chi connectivity index (χ0v) is 11.8. The second-order valence-electron chi connectivity index (χ2n) is 4.81. The quantitative estimate of drug-likeness (QED) is 0.819. The zero-order valence-electron chi connectivity index (χ0n) is 10.2. The monoisotopic (exact) mass is 313 g/mol. The Morgan fingerprint density at radius 3 is 2.26 bits per heavy atom. The average molecular weight is 314 g/mol. The lowest BCUT2D eigenvalue weighted by Gasteiger charge is -2.20. The molecule has 2 rings (SSSR count). The molecule has 1 aliphatic carbocycles. The molecule has 0 heterocycles. The first-order chi connectivity index (χ1) is 8.39. The summed E-state index contributed by atoms with van der Waals surface area (Å²) in [6, 6.07) is 3.60. The summed E-state index contributed by atoms with van der Waals surface area (Å²) in [4.78, 5) is 0. The molecule has 0 amide bonds. The van der Waals surface area contributed by atoms with E-state index in [1.165, 1.54) is 12.1 Å². The number of benzene rings is 1. The Morgan fingerprint density at radius 2 is 1.79 bits per heavy atom. The molecule has 1 nitrogen and oxygen atoms in total. The van der Waals surface area contributed by atoms with Gasteiger partial charge in [-0.05, 0) is 36.5 Å². The first-order valence-corrected chi connectivity index (χ1v) is 6.39. The lowest BCUT2D eigenvalue weighted by molar-refractivity contribution is -0.137. The molecule has 108 valence electrons. The number of halogens is 5. The predicted octanol–water partition coefficient (Wildman–Crippen LogP) is 4.97. The van der Waals surface area contributed by atoms with E-state index in [9.17, 15) is 13.2 Å². The van der Waals surface area contributed by atoms with Gasteiger partial charge in [0, 0.05) is 6.04 Å². The first kappa shape index (κ1) is 16.6. The van der Waals surface area contributed by atoms with Crippen molar-refractivity contribution < 1.29 is 13.2 Å². The van der Waals surface area contributed by atoms with E-state index in [1.807, 2.05) is 0 Å². The first-order valence-electron chi connectivity index (χ1n) is 6.02. The van der Waals surface area contributed by atoms with Gasteiger partial charge >= 0.3 is 6.18 Å². The van der Waals surface area contributed by atoms with Crippen molar-refractivity contribution in [2.75, 3.05) is 0 Å². The van der Waals surface area contributed by atoms with Crippen LogP contribution in [0.5, 0.6) is 0 Å². The molecule has 0 aliphatic heterocycles. The maximum absolute atomic E-state index is 12.6. The largest absolute Gasteiger partial charge is 0.417 e. The summed E-state index contributed by atoms with van der Waals surface area (Å²) < 4.78 is 37.7. The molecule has 6 heteroatoms. The topological polar surface area (TPSA) is 26.0 Å². The number of hydrogen-bond acceptors (Lipinski definition) is 1. The zero-order chi connectivity index (χ0) is 13.3. The minimum Gasteiger partial charge on any atom is -0.324 e. The van der Waals surface area contributed by atoms with E-state index in [2.05, 4.69) is 0 Å². The van der Waals surface area contributed by atoms with E-state index in [-0.39, 0.29) is 23.5 Å². The highest BCUT2D eigenvalue weighted by atomic mass is 35.5. The summed E-state index contributed by atoms with van der Waals surface area (Å²) in [5.41, 5.74) is 5.98. The molecule has 1 fully saturated rings. The van der Waals surface area contributed by atoms with Crippen LogP contribution in [0.2, 0.25) is 5.02 Å². The maximum Gasteiger partial charge on any atom is 0.417 e. The number of nitrogens with two attached hydrogens (primary N) is 1. The molecule has 1 aromatic rings. The van der Waals surface area contributed by atoms with Crippen LogP contribution in [0.3, 0.4) is 0 Å². The van der Waals surface area contributed by atoms with Crippen molar-refractivity contribution in [2.45, 2.75) is 37.9 Å². The number of rotatable bonds is 2. The Balaban J connectivity index is 0.00000180. The molecule has 0 radical (unpaired) electrons. The third-order valence-corrected chi connectivity index (χ3v) is 3.90. The summed E-state index contributed by atoms with van der Waals surface area (Å²) >= 11 is 5.69. The summed E-state index contributed by atoms with van der Waals surface area (Å²) in [5, 5.41) is -0.270. The van der Waals surface area contributed by atoms with Crippen LogP contribution in [0.1, 0.15) is 42.9 Å². The smallest absolute Gasteiger partial charge is 0.324 e. The molecule has 0 bridgehead atoms. The van der Waals surface area contributed by atoms with E-state index < -0.39 is 11.7 Å². The Morgan fingerprint density at radius 1 is 1.21 bits per heavy atom. The van der Waals surface area contributed by atoms with Gasteiger partial charge in [-0.3, -0.25) is 0 Å². The average Bonchev–Trinajstić information content (AvgIpc) is 2.79. The lowest BCUT2D eigenvalue weighted by atomic mass is 9.92. The van der Waals surface area contributed by atoms with Gasteiger partial charge in [-0.2, -0.15) is 13.2 Å². The highest BCUT2D eigenvalue weighted by Crippen LogP contribution is 2.38. The SMILES string of the molecule is Cl.N[C@@H](c1ccc(C(F)(F)F)c(Cl)c1)C1CCCC1. The molecule has 1 atom stereocenters. The van der Waals surface area contributed by atoms with E-state index in [0.717, 1.165) is 31.7 Å². The Hall–Kier alpha value is -0.450. The van der Waals surface area contributed by atoms with E-state index in [0.29, 0.717) is 11.5 Å². The highest BCUT2D eigenvalue weighted by molar-refractivity contribution is 6.31. The van der Waals surface area contributed by atoms with Gasteiger partial charge in [0.25, 0.3) is 0 Å². The van der Waals surface area contributed by atoms with Gasteiger partial charge in [0.1, 0.15) is 0 Å². The molecular formula is C13H16Cl2F3N. The standard InChI is InChI=1S/C13H15ClF3N.ClH/c14-11-7-9(5-6-10(11)13(15,16)17)12(18)8-3-1-2-4-8;/h5-8,12H,1-4,18H2;1H/t12-;/m1./s1. The van der Waals surface area contributed by atoms with E-state index in [1.54, 1.807) is 0 Å². The van der Waals surface area contributed by atoms with Crippen molar-refractivity contribution in [2.24, 2.45) is 11.7 Å². The molecule has 2 N–H and O–H groups in total. The van der Waals surface area contributed by atoms with Crippen molar-refractivity contribution in [1.82, 2.24) is 0 Å². The van der Waals surface area contributed by atoms with Gasteiger partial charge in [-0.1, -0.05) is 30.5 Å². The van der Waals surface area contributed by atoms with Crippen molar-refractivity contribution >= 4 is 24.0 Å². The van der Waals surface area contributed by atoms with Crippen molar-refractivity contribution in [1.29, 1.82) is 0 Å². The van der Waals surface area contributed by atoms with E-state index >= 15 is 0 Å². The summed E-state index contributed by atoms with van der Waals surface area (Å²) in [7, 11) is 0. The van der Waals surface area contributed by atoms with Crippen LogP contribution in [-0.4, -0.2) is 0 Å². The van der Waals surface area contributed by atoms with Crippen LogP contribution in [-0.2, 0) is 6.18 Å². The van der Waals surface area contributed by atoms with Crippen LogP contribution >= 0.6 is 24.0 Å². The molecule has 0 spiro atoms. The molecule has 19 heavy (non-hydrogen) atoms. The van der Waals surface area contributed by atoms with Crippen LogP contribution < -0.4 is 5.73 Å². The Kier molecular flexibility index (Phi) is 5.53. The number of hydrogen-bond donors (Lipinski definition) is 1. The summed E-state index contributed by atoms with van der Waals surface area (Å²) in [6.45, 7) is 0. The molecular weight excluding hydrogens is 298 g/mol. The molecule has 1 aromatic carbocycles. The molecule has 0 saturated heterocycles. The van der Waals surface area contributed by atoms with Gasteiger partial charge in [0.15, 0.2) is 0 Å².